The Kier molecular flexibility index (Phi) is 17.0. The van der Waals surface area contributed by atoms with Crippen LogP contribution in [0.1, 0.15) is 57.1 Å². The fourth-order valence-electron chi connectivity index (χ4n) is 5.94. The van der Waals surface area contributed by atoms with Gasteiger partial charge in [0.1, 0.15) is 18.1 Å². The quantitative estimate of drug-likeness (QED) is 0.0806. The number of hydrogen-bond donors (Lipinski definition) is 7. The van der Waals surface area contributed by atoms with E-state index in [0.717, 1.165) is 11.1 Å². The molecular formula is C37H55N7O6. The maximum Gasteiger partial charge on any atom is 0.336 e. The Hall–Kier alpha value is -4.17. The van der Waals surface area contributed by atoms with Crippen molar-refractivity contribution in [1.29, 1.82) is 0 Å². The molecule has 274 valence electrons. The molecule has 13 nitrogen and oxygen atoms in total. The van der Waals surface area contributed by atoms with Crippen molar-refractivity contribution in [2.45, 2.75) is 83.0 Å². The van der Waals surface area contributed by atoms with Gasteiger partial charge >= 0.3 is 11.9 Å². The van der Waals surface area contributed by atoms with Crippen LogP contribution in [0.5, 0.6) is 0 Å². The first-order valence-corrected chi connectivity index (χ1v) is 17.6. The molecule has 1 aliphatic heterocycles. The lowest BCUT2D eigenvalue weighted by Gasteiger charge is -2.28. The molecule has 0 radical (unpaired) electrons. The molecule has 2 unspecified atom stereocenters. The summed E-state index contributed by atoms with van der Waals surface area (Å²) in [6.45, 7) is 5.40. The summed E-state index contributed by atoms with van der Waals surface area (Å²) in [5, 5.41) is 11.6. The van der Waals surface area contributed by atoms with Crippen molar-refractivity contribution in [1.82, 2.24) is 21.3 Å². The van der Waals surface area contributed by atoms with E-state index in [4.69, 9.17) is 21.9 Å². The van der Waals surface area contributed by atoms with E-state index in [0.29, 0.717) is 38.8 Å². The minimum Gasteiger partial charge on any atom is -0.391 e. The Morgan fingerprint density at radius 1 is 0.760 bits per heavy atom. The molecule has 3 amide bonds. The molecule has 1 fully saturated rings. The number of hydrogen-bond acceptors (Lipinski definition) is 10. The second-order valence-electron chi connectivity index (χ2n) is 13.5. The summed E-state index contributed by atoms with van der Waals surface area (Å²) in [5.41, 5.74) is 19.6. The number of esters is 2. The van der Waals surface area contributed by atoms with Crippen LogP contribution in [-0.4, -0.2) is 80.0 Å². The van der Waals surface area contributed by atoms with Crippen LogP contribution in [0.4, 0.5) is 0 Å². The minimum absolute atomic E-state index is 0.0157. The van der Waals surface area contributed by atoms with Crippen LogP contribution >= 0.6 is 0 Å². The zero-order valence-corrected chi connectivity index (χ0v) is 29.3. The van der Waals surface area contributed by atoms with Gasteiger partial charge < -0.3 is 43.2 Å². The molecule has 0 bridgehead atoms. The fourth-order valence-corrected chi connectivity index (χ4v) is 5.94. The number of carbonyl (C=O) groups excluding carboxylic acids is 5. The average Bonchev–Trinajstić information content (AvgIpc) is 3.10. The SMILES string of the molecule is CC(C)C[C@@H](NC(=O)[C@@H](Cc1ccccc1)NC(=O)[C@H](CN)Cc1ccccc1)C(=O)NC(CC(N)CCN)C(=O)OC(=O)C1CCNCC1. The number of benzene rings is 2. The van der Waals surface area contributed by atoms with Crippen LogP contribution in [0.15, 0.2) is 60.7 Å². The Morgan fingerprint density at radius 3 is 1.86 bits per heavy atom. The Labute approximate surface area is 295 Å². The van der Waals surface area contributed by atoms with Gasteiger partial charge in [0.2, 0.25) is 17.7 Å². The zero-order valence-electron chi connectivity index (χ0n) is 29.3. The second-order valence-corrected chi connectivity index (χ2v) is 13.5. The van der Waals surface area contributed by atoms with Crippen molar-refractivity contribution >= 4 is 29.7 Å². The van der Waals surface area contributed by atoms with Crippen LogP contribution < -0.4 is 38.5 Å². The van der Waals surface area contributed by atoms with Gasteiger partial charge in [0.05, 0.1) is 11.8 Å². The van der Waals surface area contributed by atoms with Crippen molar-refractivity contribution in [3.05, 3.63) is 71.8 Å². The summed E-state index contributed by atoms with van der Waals surface area (Å²) in [4.78, 5) is 67.3. The maximum absolute atomic E-state index is 13.9. The van der Waals surface area contributed by atoms with Gasteiger partial charge in [-0.2, -0.15) is 0 Å². The lowest BCUT2D eigenvalue weighted by molar-refractivity contribution is -0.165. The van der Waals surface area contributed by atoms with Crippen LogP contribution in [-0.2, 0) is 41.6 Å². The fraction of sp³-hybridized carbons (Fsp3) is 0.541. The lowest BCUT2D eigenvalue weighted by atomic mass is 9.97. The predicted molar refractivity (Wildman–Crippen MR) is 191 cm³/mol. The van der Waals surface area contributed by atoms with Crippen LogP contribution in [0.3, 0.4) is 0 Å². The highest BCUT2D eigenvalue weighted by Crippen LogP contribution is 2.16. The van der Waals surface area contributed by atoms with Gasteiger partial charge in [-0.05, 0) is 75.2 Å². The summed E-state index contributed by atoms with van der Waals surface area (Å²) in [6.07, 6.45) is 2.23. The Balaban J connectivity index is 1.79. The van der Waals surface area contributed by atoms with Crippen LogP contribution in [0.25, 0.3) is 0 Å². The van der Waals surface area contributed by atoms with E-state index in [9.17, 15) is 24.0 Å². The third-order valence-corrected chi connectivity index (χ3v) is 8.79. The van der Waals surface area contributed by atoms with Crippen molar-refractivity contribution in [3.8, 4) is 0 Å². The molecule has 1 aliphatic rings. The third-order valence-electron chi connectivity index (χ3n) is 8.79. The van der Waals surface area contributed by atoms with E-state index in [1.54, 1.807) is 0 Å². The highest BCUT2D eigenvalue weighted by atomic mass is 16.6. The summed E-state index contributed by atoms with van der Waals surface area (Å²) in [7, 11) is 0. The van der Waals surface area contributed by atoms with Gasteiger partial charge in [0, 0.05) is 19.0 Å². The first-order chi connectivity index (χ1) is 24.0. The molecule has 3 rings (SSSR count). The number of piperidine rings is 1. The van der Waals surface area contributed by atoms with E-state index in [2.05, 4.69) is 21.3 Å². The van der Waals surface area contributed by atoms with Crippen molar-refractivity contribution in [3.63, 3.8) is 0 Å². The normalized spacial score (nSPS) is 16.4. The molecule has 1 saturated heterocycles. The third kappa shape index (κ3) is 13.6. The van der Waals surface area contributed by atoms with Gasteiger partial charge in [-0.1, -0.05) is 74.5 Å². The summed E-state index contributed by atoms with van der Waals surface area (Å²) >= 11 is 0. The number of rotatable bonds is 19. The first-order valence-electron chi connectivity index (χ1n) is 17.6. The number of amides is 3. The van der Waals surface area contributed by atoms with Gasteiger partial charge in [-0.15, -0.1) is 0 Å². The highest BCUT2D eigenvalue weighted by molar-refractivity contribution is 5.95. The largest absolute Gasteiger partial charge is 0.391 e. The topological polar surface area (TPSA) is 221 Å². The summed E-state index contributed by atoms with van der Waals surface area (Å²) in [5.74, 6) is -4.20. The standard InChI is InChI=1S/C37H55N7O6/c1-24(2)19-30(34(46)44-32(22-29(40)13-16-38)37(49)50-36(48)27-14-17-41-18-15-27)43-35(47)31(21-26-11-7-4-8-12-26)42-33(45)28(23-39)20-25-9-5-3-6-10-25/h3-12,24,27-32,41H,13-23,38-40H2,1-2H3,(H,42,45)(H,43,47)(H,44,46)/t28-,29?,30+,31+,32?/m0/s1. The Morgan fingerprint density at radius 2 is 1.30 bits per heavy atom. The first kappa shape index (κ1) is 40.3. The van der Waals surface area contributed by atoms with Crippen molar-refractivity contribution in [2.24, 2.45) is 35.0 Å². The summed E-state index contributed by atoms with van der Waals surface area (Å²) < 4.78 is 5.25. The van der Waals surface area contributed by atoms with Crippen LogP contribution in [0.2, 0.25) is 0 Å². The average molecular weight is 694 g/mol. The molecule has 0 aromatic heterocycles. The van der Waals surface area contributed by atoms with Gasteiger partial charge in [-0.3, -0.25) is 19.2 Å². The molecule has 50 heavy (non-hydrogen) atoms. The monoisotopic (exact) mass is 693 g/mol. The molecule has 10 N–H and O–H groups in total. The molecule has 0 saturated carbocycles. The second kappa shape index (κ2) is 21.1. The number of nitrogens with two attached hydrogens (primary N) is 3. The summed E-state index contributed by atoms with van der Waals surface area (Å²) in [6, 6.07) is 14.8. The van der Waals surface area contributed by atoms with E-state index in [1.165, 1.54) is 0 Å². The van der Waals surface area contributed by atoms with Gasteiger partial charge in [-0.25, -0.2) is 4.79 Å². The zero-order chi connectivity index (χ0) is 36.5. The number of carbonyl (C=O) groups is 5. The molecule has 13 heteroatoms. The van der Waals surface area contributed by atoms with E-state index in [1.807, 2.05) is 74.5 Å². The molecule has 5 atom stereocenters. The highest BCUT2D eigenvalue weighted by Gasteiger charge is 2.34. The molecule has 1 heterocycles. The molecule has 0 spiro atoms. The van der Waals surface area contributed by atoms with Gasteiger partial charge in [0.25, 0.3) is 0 Å². The maximum atomic E-state index is 13.9. The predicted octanol–water partition coefficient (Wildman–Crippen LogP) is 0.683. The van der Waals surface area contributed by atoms with Crippen LogP contribution in [0, 0.1) is 17.8 Å². The molecular weight excluding hydrogens is 638 g/mol. The van der Waals surface area contributed by atoms with E-state index >= 15 is 0 Å². The van der Waals surface area contributed by atoms with Crippen molar-refractivity contribution in [2.75, 3.05) is 26.2 Å². The van der Waals surface area contributed by atoms with Crippen molar-refractivity contribution < 1.29 is 28.7 Å². The van der Waals surface area contributed by atoms with E-state index < -0.39 is 59.8 Å². The minimum atomic E-state index is -1.25. The number of nitrogens with one attached hydrogen (secondary N) is 4. The Bertz CT molecular complexity index is 1370. The lowest BCUT2D eigenvalue weighted by Crippen LogP contribution is -2.58. The smallest absolute Gasteiger partial charge is 0.336 e. The molecule has 2 aromatic rings. The van der Waals surface area contributed by atoms with E-state index in [-0.39, 0.29) is 44.2 Å². The van der Waals surface area contributed by atoms with Gasteiger partial charge in [0.15, 0.2) is 0 Å². The molecule has 2 aromatic carbocycles. The molecule has 0 aliphatic carbocycles. The number of ether oxygens (including phenoxy) is 1.